The van der Waals surface area contributed by atoms with E-state index in [0.29, 0.717) is 17.2 Å². The van der Waals surface area contributed by atoms with Gasteiger partial charge in [-0.15, -0.1) is 4.91 Å². The zero-order chi connectivity index (χ0) is 24.5. The van der Waals surface area contributed by atoms with Crippen molar-refractivity contribution in [1.82, 2.24) is 0 Å². The van der Waals surface area contributed by atoms with Crippen LogP contribution in [-0.4, -0.2) is 24.8 Å². The molecule has 176 valence electrons. The van der Waals surface area contributed by atoms with Crippen molar-refractivity contribution in [2.45, 2.75) is 65.7 Å². The molecule has 7 heteroatoms. The highest BCUT2D eigenvalue weighted by Gasteiger charge is 2.26. The topological polar surface area (TPSA) is 97.2 Å². The Morgan fingerprint density at radius 2 is 1.50 bits per heavy atom. The van der Waals surface area contributed by atoms with E-state index in [1.807, 2.05) is 0 Å². The van der Waals surface area contributed by atoms with Crippen molar-refractivity contribution in [2.75, 3.05) is 19.1 Å². The lowest BCUT2D eigenvalue weighted by atomic mass is 9.78. The van der Waals surface area contributed by atoms with Crippen LogP contribution in [0.15, 0.2) is 41.7 Å². The number of phenols is 1. The van der Waals surface area contributed by atoms with Crippen LogP contribution < -0.4 is 10.2 Å². The van der Waals surface area contributed by atoms with Crippen molar-refractivity contribution in [3.05, 3.63) is 58.0 Å². The second-order valence-corrected chi connectivity index (χ2v) is 9.49. The molecule has 2 rings (SSSR count). The minimum Gasteiger partial charge on any atom is -0.507 e. The van der Waals surface area contributed by atoms with Gasteiger partial charge >= 0.3 is 5.97 Å². The van der Waals surface area contributed by atoms with E-state index in [1.165, 1.54) is 12.7 Å². The molecule has 0 radical (unpaired) electrons. The highest BCUT2D eigenvalue weighted by atomic mass is 16.6. The maximum Gasteiger partial charge on any atom is 0.343 e. The number of hydrogen-bond donors (Lipinski definition) is 2. The molecule has 2 aromatic rings. The van der Waals surface area contributed by atoms with Gasteiger partial charge in [0, 0.05) is 0 Å². The number of nitroso groups, excluding NO2 is 1. The molecule has 0 aliphatic heterocycles. The van der Waals surface area contributed by atoms with Gasteiger partial charge in [-0.05, 0) is 58.2 Å². The highest BCUT2D eigenvalue weighted by Crippen LogP contribution is 2.39. The summed E-state index contributed by atoms with van der Waals surface area (Å²) >= 11 is 0. The summed E-state index contributed by atoms with van der Waals surface area (Å²) in [6.07, 6.45) is 1.01. The standard InChI is InChI=1S/C16H26O.C9H10N2O4/c1-8-11-9-12(15(2,3)4)14(17)13(10-11)16(5,6)7;1-14-9(12)6-15-8-4-2-7(3-5-8)10-11-13/h9-10,17H,8H2,1-7H3;2-5H,6H2,1H3,(H,10,13). The molecular formula is C25H36N2O5. The smallest absolute Gasteiger partial charge is 0.343 e. The Labute approximate surface area is 191 Å². The molecule has 7 nitrogen and oxygen atoms in total. The summed E-state index contributed by atoms with van der Waals surface area (Å²) in [6, 6.07) is 10.7. The zero-order valence-corrected chi connectivity index (χ0v) is 20.4. The van der Waals surface area contributed by atoms with Crippen molar-refractivity contribution in [3.63, 3.8) is 0 Å². The summed E-state index contributed by atoms with van der Waals surface area (Å²) in [5, 5.41) is 13.0. The molecule has 0 amide bonds. The number of carbonyl (C=O) groups is 1. The Morgan fingerprint density at radius 3 is 1.88 bits per heavy atom. The van der Waals surface area contributed by atoms with Gasteiger partial charge in [0.25, 0.3) is 0 Å². The van der Waals surface area contributed by atoms with Gasteiger partial charge in [-0.1, -0.05) is 60.6 Å². The summed E-state index contributed by atoms with van der Waals surface area (Å²) in [5.74, 6) is 0.533. The number of aromatic hydroxyl groups is 1. The molecule has 0 unspecified atom stereocenters. The lowest BCUT2D eigenvalue weighted by Gasteiger charge is -2.28. The number of esters is 1. The van der Waals surface area contributed by atoms with Gasteiger partial charge in [-0.25, -0.2) is 10.2 Å². The lowest BCUT2D eigenvalue weighted by Crippen LogP contribution is -2.17. The van der Waals surface area contributed by atoms with E-state index in [4.69, 9.17) is 4.74 Å². The van der Waals surface area contributed by atoms with Crippen LogP contribution in [-0.2, 0) is 26.8 Å². The van der Waals surface area contributed by atoms with E-state index in [-0.39, 0.29) is 17.4 Å². The number of aryl methyl sites for hydroxylation is 1. The molecule has 0 aromatic heterocycles. The first-order valence-corrected chi connectivity index (χ1v) is 10.6. The molecule has 0 aliphatic rings. The van der Waals surface area contributed by atoms with E-state index in [1.54, 1.807) is 24.3 Å². The predicted octanol–water partition coefficient (Wildman–Crippen LogP) is 5.88. The summed E-state index contributed by atoms with van der Waals surface area (Å²) < 4.78 is 9.48. The third-order valence-electron chi connectivity index (χ3n) is 4.81. The van der Waals surface area contributed by atoms with E-state index in [0.717, 1.165) is 17.5 Å². The van der Waals surface area contributed by atoms with Crippen LogP contribution in [0, 0.1) is 4.91 Å². The summed E-state index contributed by atoms with van der Waals surface area (Å²) in [4.78, 5) is 20.6. The molecule has 2 aromatic carbocycles. The highest BCUT2D eigenvalue weighted by molar-refractivity contribution is 5.70. The molecule has 0 fully saturated rings. The minimum atomic E-state index is -0.452. The van der Waals surface area contributed by atoms with Gasteiger partial charge in [-0.3, -0.25) is 0 Å². The Kier molecular flexibility index (Phi) is 9.69. The van der Waals surface area contributed by atoms with E-state index in [2.05, 4.69) is 76.0 Å². The molecule has 0 spiro atoms. The number of carbonyl (C=O) groups excluding carboxylic acids is 1. The monoisotopic (exact) mass is 444 g/mol. The molecule has 0 heterocycles. The summed E-state index contributed by atoms with van der Waals surface area (Å²) in [5.41, 5.74) is 6.16. The SMILES string of the molecule is CCc1cc(C(C)(C)C)c(O)c(C(C)(C)C)c1.COC(=O)COc1ccc(NN=O)cc1. The first-order valence-electron chi connectivity index (χ1n) is 10.6. The van der Waals surface area contributed by atoms with Crippen molar-refractivity contribution in [1.29, 1.82) is 0 Å². The number of benzene rings is 2. The third-order valence-corrected chi connectivity index (χ3v) is 4.81. The fraction of sp³-hybridized carbons (Fsp3) is 0.480. The van der Waals surface area contributed by atoms with Gasteiger partial charge in [0.15, 0.2) is 6.61 Å². The van der Waals surface area contributed by atoms with Crippen LogP contribution in [0.25, 0.3) is 0 Å². The van der Waals surface area contributed by atoms with E-state index >= 15 is 0 Å². The fourth-order valence-electron chi connectivity index (χ4n) is 2.92. The van der Waals surface area contributed by atoms with Gasteiger partial charge < -0.3 is 14.6 Å². The normalized spacial score (nSPS) is 11.1. The van der Waals surface area contributed by atoms with Crippen LogP contribution in [0.5, 0.6) is 11.5 Å². The van der Waals surface area contributed by atoms with Crippen LogP contribution >= 0.6 is 0 Å². The van der Waals surface area contributed by atoms with Crippen molar-refractivity contribution < 1.29 is 19.4 Å². The third kappa shape index (κ3) is 8.21. The molecule has 2 N–H and O–H groups in total. The Balaban J connectivity index is 0.000000323. The molecule has 0 aliphatic carbocycles. The largest absolute Gasteiger partial charge is 0.507 e. The Hall–Kier alpha value is -3.09. The van der Waals surface area contributed by atoms with E-state index < -0.39 is 5.97 Å². The molecular weight excluding hydrogens is 408 g/mol. The number of nitrogens with one attached hydrogen (secondary N) is 1. The van der Waals surface area contributed by atoms with Crippen LogP contribution in [0.1, 0.15) is 65.2 Å². The van der Waals surface area contributed by atoms with Crippen molar-refractivity contribution in [3.8, 4) is 11.5 Å². The molecule has 0 bridgehead atoms. The van der Waals surface area contributed by atoms with Crippen molar-refractivity contribution >= 4 is 11.7 Å². The summed E-state index contributed by atoms with van der Waals surface area (Å²) in [6.45, 7) is 14.9. The van der Waals surface area contributed by atoms with Gasteiger partial charge in [0.05, 0.1) is 18.1 Å². The van der Waals surface area contributed by atoms with Crippen LogP contribution in [0.3, 0.4) is 0 Å². The average molecular weight is 445 g/mol. The van der Waals surface area contributed by atoms with Crippen LogP contribution in [0.2, 0.25) is 0 Å². The number of ether oxygens (including phenoxy) is 2. The number of phenolic OH excluding ortho intramolecular Hbond substituents is 1. The molecule has 0 saturated heterocycles. The minimum absolute atomic E-state index is 0.0186. The zero-order valence-electron chi connectivity index (χ0n) is 20.4. The molecule has 32 heavy (non-hydrogen) atoms. The number of anilines is 1. The van der Waals surface area contributed by atoms with Crippen LogP contribution in [0.4, 0.5) is 5.69 Å². The maximum absolute atomic E-state index is 10.7. The Morgan fingerprint density at radius 1 is 1.00 bits per heavy atom. The van der Waals surface area contributed by atoms with Gasteiger partial charge in [-0.2, -0.15) is 0 Å². The number of hydrogen-bond acceptors (Lipinski definition) is 6. The second-order valence-electron chi connectivity index (χ2n) is 9.49. The quantitative estimate of drug-likeness (QED) is 0.328. The second kappa shape index (κ2) is 11.5. The average Bonchev–Trinajstić information content (AvgIpc) is 2.72. The summed E-state index contributed by atoms with van der Waals surface area (Å²) in [7, 11) is 1.29. The van der Waals surface area contributed by atoms with Gasteiger partial charge in [0.1, 0.15) is 11.5 Å². The first kappa shape index (κ1) is 26.9. The number of rotatable bonds is 6. The maximum atomic E-state index is 10.7. The number of nitrogens with zero attached hydrogens (tertiary/aromatic N) is 1. The first-order chi connectivity index (χ1) is 14.8. The molecule has 0 saturated carbocycles. The lowest BCUT2D eigenvalue weighted by molar-refractivity contribution is -0.142. The number of methoxy groups -OCH3 is 1. The molecule has 0 atom stereocenters. The van der Waals surface area contributed by atoms with E-state index in [9.17, 15) is 14.8 Å². The fourth-order valence-corrected chi connectivity index (χ4v) is 2.92. The van der Waals surface area contributed by atoms with Crippen molar-refractivity contribution in [2.24, 2.45) is 5.29 Å². The predicted molar refractivity (Wildman–Crippen MR) is 128 cm³/mol. The Bertz CT molecular complexity index is 859. The van der Waals surface area contributed by atoms with Gasteiger partial charge in [0.2, 0.25) is 0 Å².